The van der Waals surface area contributed by atoms with Crippen molar-refractivity contribution in [3.63, 3.8) is 0 Å². The van der Waals surface area contributed by atoms with Gasteiger partial charge in [-0.05, 0) is 71.2 Å². The van der Waals surface area contributed by atoms with Crippen LogP contribution in [0.25, 0.3) is 27.9 Å². The van der Waals surface area contributed by atoms with Crippen LogP contribution in [0.3, 0.4) is 0 Å². The SMILES string of the molecule is Cn1c(CN(CCc2c[nH]c3ccccc23)C2CCc3cc(/C=C/C(=O)NO)ccc32)cc2ccccc21. The van der Waals surface area contributed by atoms with E-state index >= 15 is 0 Å². The van der Waals surface area contributed by atoms with Crippen molar-refractivity contribution < 1.29 is 10.0 Å². The predicted octanol–water partition coefficient (Wildman–Crippen LogP) is 5.91. The van der Waals surface area contributed by atoms with Crippen molar-refractivity contribution in [3.05, 3.63) is 113 Å². The fraction of sp³-hybridized carbons (Fsp3) is 0.219. The average molecular weight is 505 g/mol. The second kappa shape index (κ2) is 10.3. The van der Waals surface area contributed by atoms with Crippen LogP contribution in [0, 0.1) is 0 Å². The molecule has 3 N–H and O–H groups in total. The summed E-state index contributed by atoms with van der Waals surface area (Å²) in [5, 5.41) is 11.3. The number of carbonyl (C=O) groups excluding carboxylic acids is 1. The van der Waals surface area contributed by atoms with Crippen LogP contribution in [-0.2, 0) is 31.2 Å². The molecule has 1 unspecified atom stereocenters. The van der Waals surface area contributed by atoms with Gasteiger partial charge < -0.3 is 9.55 Å². The van der Waals surface area contributed by atoms with Gasteiger partial charge in [-0.3, -0.25) is 14.9 Å². The number of nitrogens with one attached hydrogen (secondary N) is 2. The maximum Gasteiger partial charge on any atom is 0.267 e. The number of amides is 1. The highest BCUT2D eigenvalue weighted by Crippen LogP contribution is 2.38. The molecule has 5 aromatic rings. The van der Waals surface area contributed by atoms with Crippen molar-refractivity contribution in [3.8, 4) is 0 Å². The van der Waals surface area contributed by atoms with Crippen LogP contribution < -0.4 is 5.48 Å². The van der Waals surface area contributed by atoms with E-state index in [1.165, 1.54) is 50.3 Å². The molecule has 0 saturated heterocycles. The van der Waals surface area contributed by atoms with E-state index in [4.69, 9.17) is 5.21 Å². The summed E-state index contributed by atoms with van der Waals surface area (Å²) in [7, 11) is 2.17. The number of hydrogen-bond donors (Lipinski definition) is 3. The van der Waals surface area contributed by atoms with Gasteiger partial charge in [-0.25, -0.2) is 5.48 Å². The molecule has 6 nitrogen and oxygen atoms in total. The zero-order valence-corrected chi connectivity index (χ0v) is 21.5. The van der Waals surface area contributed by atoms with E-state index in [0.717, 1.165) is 37.9 Å². The van der Waals surface area contributed by atoms with Crippen LogP contribution in [0.5, 0.6) is 0 Å². The van der Waals surface area contributed by atoms with E-state index in [0.29, 0.717) is 6.04 Å². The number of hydrogen-bond acceptors (Lipinski definition) is 3. The van der Waals surface area contributed by atoms with Gasteiger partial charge in [0.05, 0.1) is 0 Å². The smallest absolute Gasteiger partial charge is 0.267 e. The molecule has 38 heavy (non-hydrogen) atoms. The Kier molecular flexibility index (Phi) is 6.58. The Balaban J connectivity index is 1.30. The molecule has 0 radical (unpaired) electrons. The first-order valence-corrected chi connectivity index (χ1v) is 13.2. The average Bonchev–Trinajstić information content (AvgIpc) is 3.65. The Bertz CT molecular complexity index is 1640. The minimum absolute atomic E-state index is 0.326. The van der Waals surface area contributed by atoms with Gasteiger partial charge in [0.1, 0.15) is 0 Å². The highest BCUT2D eigenvalue weighted by Gasteiger charge is 2.29. The number of hydroxylamine groups is 1. The van der Waals surface area contributed by atoms with Gasteiger partial charge in [-0.15, -0.1) is 0 Å². The number of aryl methyl sites for hydroxylation is 2. The standard InChI is InChI=1S/C32H32N4O2/c1-35-26(19-24-6-2-5-9-30(24)35)21-36(17-16-25-20-33-29-8-4-3-7-27(25)29)31-14-12-23-18-22(10-13-28(23)31)11-15-32(37)34-38/h2-11,13,15,18-20,31,33,38H,12,14,16-17,21H2,1H3,(H,34,37)/b15-11+. The Hall–Kier alpha value is -4.13. The van der Waals surface area contributed by atoms with E-state index in [1.54, 1.807) is 11.6 Å². The van der Waals surface area contributed by atoms with Crippen molar-refractivity contribution >= 4 is 33.8 Å². The lowest BCUT2D eigenvalue weighted by molar-refractivity contribution is -0.124. The highest BCUT2D eigenvalue weighted by molar-refractivity contribution is 5.90. The fourth-order valence-corrected chi connectivity index (χ4v) is 5.96. The van der Waals surface area contributed by atoms with E-state index in [9.17, 15) is 4.79 Å². The van der Waals surface area contributed by atoms with Crippen LogP contribution in [0.15, 0.2) is 85.1 Å². The molecule has 0 aliphatic heterocycles. The third-order valence-corrected chi connectivity index (χ3v) is 7.95. The number of carbonyl (C=O) groups is 1. The molecule has 3 aromatic carbocycles. The van der Waals surface area contributed by atoms with Crippen molar-refractivity contribution in [1.29, 1.82) is 0 Å². The molecule has 1 aliphatic rings. The molecular formula is C32H32N4O2. The fourth-order valence-electron chi connectivity index (χ4n) is 5.96. The molecule has 2 heterocycles. The Morgan fingerprint density at radius 2 is 1.97 bits per heavy atom. The Labute approximate surface area is 222 Å². The summed E-state index contributed by atoms with van der Waals surface area (Å²) in [6.07, 6.45) is 8.29. The first-order valence-electron chi connectivity index (χ1n) is 13.2. The molecule has 0 spiro atoms. The van der Waals surface area contributed by atoms with Crippen LogP contribution in [-0.4, -0.2) is 32.1 Å². The van der Waals surface area contributed by atoms with Crippen LogP contribution in [0.4, 0.5) is 0 Å². The molecule has 2 aromatic heterocycles. The van der Waals surface area contributed by atoms with Gasteiger partial charge in [-0.2, -0.15) is 0 Å². The number of aromatic nitrogens is 2. The van der Waals surface area contributed by atoms with Gasteiger partial charge >= 0.3 is 0 Å². The minimum atomic E-state index is -0.526. The lowest BCUT2D eigenvalue weighted by Gasteiger charge is -2.30. The van der Waals surface area contributed by atoms with Gasteiger partial charge in [-0.1, -0.05) is 54.6 Å². The van der Waals surface area contributed by atoms with E-state index in [1.807, 2.05) is 0 Å². The molecule has 1 amide bonds. The van der Waals surface area contributed by atoms with Gasteiger partial charge in [0.2, 0.25) is 0 Å². The Morgan fingerprint density at radius 3 is 2.84 bits per heavy atom. The monoisotopic (exact) mass is 504 g/mol. The van der Waals surface area contributed by atoms with Crippen molar-refractivity contribution in [2.75, 3.05) is 6.54 Å². The first kappa shape index (κ1) is 24.2. The molecular weight excluding hydrogens is 472 g/mol. The first-order chi connectivity index (χ1) is 18.6. The number of para-hydroxylation sites is 2. The third kappa shape index (κ3) is 4.64. The second-order valence-electron chi connectivity index (χ2n) is 10.2. The van der Waals surface area contributed by atoms with E-state index in [-0.39, 0.29) is 0 Å². The van der Waals surface area contributed by atoms with Gasteiger partial charge in [0.25, 0.3) is 5.91 Å². The summed E-state index contributed by atoms with van der Waals surface area (Å²) in [6.45, 7) is 1.82. The molecule has 6 heteroatoms. The quantitative estimate of drug-likeness (QED) is 0.140. The summed E-state index contributed by atoms with van der Waals surface area (Å²) in [4.78, 5) is 17.5. The zero-order chi connectivity index (χ0) is 26.1. The zero-order valence-electron chi connectivity index (χ0n) is 21.5. The lowest BCUT2D eigenvalue weighted by Crippen LogP contribution is -2.30. The summed E-state index contributed by atoms with van der Waals surface area (Å²) >= 11 is 0. The molecule has 0 fully saturated rings. The summed E-state index contributed by atoms with van der Waals surface area (Å²) in [5.41, 5.74) is 10.4. The number of aromatic amines is 1. The normalized spacial score (nSPS) is 15.2. The lowest BCUT2D eigenvalue weighted by atomic mass is 10.0. The summed E-state index contributed by atoms with van der Waals surface area (Å²) < 4.78 is 2.32. The number of benzene rings is 3. The summed E-state index contributed by atoms with van der Waals surface area (Å²) in [6, 6.07) is 26.2. The van der Waals surface area contributed by atoms with Crippen molar-refractivity contribution in [1.82, 2.24) is 19.9 Å². The maximum absolute atomic E-state index is 11.4. The van der Waals surface area contributed by atoms with Crippen molar-refractivity contribution in [2.24, 2.45) is 7.05 Å². The summed E-state index contributed by atoms with van der Waals surface area (Å²) in [5.74, 6) is -0.526. The van der Waals surface area contributed by atoms with E-state index in [2.05, 4.69) is 100 Å². The minimum Gasteiger partial charge on any atom is -0.361 e. The molecule has 192 valence electrons. The second-order valence-corrected chi connectivity index (χ2v) is 10.2. The van der Waals surface area contributed by atoms with Crippen LogP contribution in [0.1, 0.15) is 40.4 Å². The van der Waals surface area contributed by atoms with Crippen molar-refractivity contribution in [2.45, 2.75) is 31.8 Å². The van der Waals surface area contributed by atoms with Crippen LogP contribution in [0.2, 0.25) is 0 Å². The van der Waals surface area contributed by atoms with Gasteiger partial charge in [0, 0.05) is 60.6 Å². The van der Waals surface area contributed by atoms with E-state index < -0.39 is 5.91 Å². The number of H-pyrrole nitrogens is 1. The molecule has 1 atom stereocenters. The molecule has 0 bridgehead atoms. The molecule has 1 aliphatic carbocycles. The Morgan fingerprint density at radius 1 is 1.13 bits per heavy atom. The van der Waals surface area contributed by atoms with Crippen LogP contribution >= 0.6 is 0 Å². The maximum atomic E-state index is 11.4. The molecule has 6 rings (SSSR count). The van der Waals surface area contributed by atoms with Gasteiger partial charge in [0.15, 0.2) is 0 Å². The largest absolute Gasteiger partial charge is 0.361 e. The number of fused-ring (bicyclic) bond motifs is 3. The topological polar surface area (TPSA) is 73.3 Å². The number of rotatable bonds is 8. The third-order valence-electron chi connectivity index (χ3n) is 7.95. The number of nitrogens with zero attached hydrogens (tertiary/aromatic N) is 2. The predicted molar refractivity (Wildman–Crippen MR) is 152 cm³/mol. The highest BCUT2D eigenvalue weighted by atomic mass is 16.5. The molecule has 0 saturated carbocycles.